The zero-order valence-electron chi connectivity index (χ0n) is 3.73. The van der Waals surface area contributed by atoms with Gasteiger partial charge in [-0.05, 0) is 35.4 Å². The van der Waals surface area contributed by atoms with Crippen molar-refractivity contribution >= 4 is 45.2 Å². The summed E-state index contributed by atoms with van der Waals surface area (Å²) < 4.78 is -0.889. The summed E-state index contributed by atoms with van der Waals surface area (Å²) in [6, 6.07) is 0. The predicted molar refractivity (Wildman–Crippen MR) is 38.1 cm³/mol. The Hall–Kier alpha value is -0.0600. The lowest BCUT2D eigenvalue weighted by Gasteiger charge is -1.68. The van der Waals surface area contributed by atoms with Gasteiger partial charge in [-0.2, -0.15) is 0 Å². The molecule has 8 heavy (non-hydrogen) atoms. The number of thiocarbonyl (C=S) groups is 1. The molecule has 0 unspecified atom stereocenters. The Morgan fingerprint density at radius 1 is 1.38 bits per heavy atom. The van der Waals surface area contributed by atoms with Crippen LogP contribution in [0.2, 0.25) is 0 Å². The molecule has 0 rings (SSSR count). The van der Waals surface area contributed by atoms with Crippen LogP contribution in [0.1, 0.15) is 0 Å². The molecule has 4 N–H and O–H groups in total. The second-order valence-corrected chi connectivity index (χ2v) is 1.98. The summed E-state index contributed by atoms with van der Waals surface area (Å²) >= 11 is 12.9. The molecule has 0 heterocycles. The Morgan fingerprint density at radius 3 is 1.38 bits per heavy atom. The standard InChI is InChI=1S/CCl2O.CH4N2S/c2*2-1(3)4/h;(H4,2,3,4). The number of nitrogens with two attached hydrogens (primary N) is 2. The second kappa shape index (κ2) is 6.94. The van der Waals surface area contributed by atoms with E-state index in [1.807, 2.05) is 0 Å². The lowest BCUT2D eigenvalue weighted by Crippen LogP contribution is -2.18. The van der Waals surface area contributed by atoms with Crippen molar-refractivity contribution in [3.63, 3.8) is 0 Å². The van der Waals surface area contributed by atoms with Gasteiger partial charge in [-0.3, -0.25) is 4.79 Å². The van der Waals surface area contributed by atoms with Crippen molar-refractivity contribution in [2.24, 2.45) is 11.5 Å². The van der Waals surface area contributed by atoms with Crippen LogP contribution in [0.4, 0.5) is 4.79 Å². The Kier molecular flexibility index (Phi) is 9.40. The number of carbonyl (C=O) groups is 1. The Balaban J connectivity index is 0. The fourth-order valence-electron chi connectivity index (χ4n) is 0. The van der Waals surface area contributed by atoms with E-state index in [-0.39, 0.29) is 5.11 Å². The average Bonchev–Trinajstić information content (AvgIpc) is 1.25. The number of halogens is 2. The van der Waals surface area contributed by atoms with Crippen molar-refractivity contribution in [1.29, 1.82) is 0 Å². The maximum atomic E-state index is 8.98. The molecule has 6 heteroatoms. The molecule has 48 valence electrons. The van der Waals surface area contributed by atoms with Crippen LogP contribution in [-0.2, 0) is 0 Å². The van der Waals surface area contributed by atoms with E-state index in [9.17, 15) is 0 Å². The van der Waals surface area contributed by atoms with Gasteiger partial charge in [0.05, 0.1) is 0 Å². The highest BCUT2D eigenvalue weighted by Gasteiger charge is 1.72. The summed E-state index contributed by atoms with van der Waals surface area (Å²) in [5, 5.41) is 0.000000000000000222. The monoisotopic (exact) mass is 174 g/mol. The van der Waals surface area contributed by atoms with Crippen molar-refractivity contribution in [1.82, 2.24) is 0 Å². The van der Waals surface area contributed by atoms with Crippen molar-refractivity contribution in [2.45, 2.75) is 0 Å². The van der Waals surface area contributed by atoms with E-state index < -0.39 is 4.70 Å². The molecule has 0 aromatic rings. The maximum absolute atomic E-state index is 8.98. The summed E-state index contributed by atoms with van der Waals surface area (Å²) in [5.74, 6) is 0. The molecule has 0 fully saturated rings. The highest BCUT2D eigenvalue weighted by atomic mass is 35.5. The van der Waals surface area contributed by atoms with Crippen LogP contribution in [0.25, 0.3) is 0 Å². The van der Waals surface area contributed by atoms with Crippen LogP contribution in [0, 0.1) is 0 Å². The lowest BCUT2D eigenvalue weighted by molar-refractivity contribution is 0.275. The first-order valence-corrected chi connectivity index (χ1v) is 2.53. The Labute approximate surface area is 61.9 Å². The van der Waals surface area contributed by atoms with Crippen molar-refractivity contribution in [3.05, 3.63) is 0 Å². The van der Waals surface area contributed by atoms with Gasteiger partial charge < -0.3 is 11.5 Å². The fraction of sp³-hybridized carbons (Fsp3) is 0. The van der Waals surface area contributed by atoms with Gasteiger partial charge in [0.2, 0.25) is 0 Å². The zero-order chi connectivity index (χ0) is 7.15. The maximum Gasteiger partial charge on any atom is 0.313 e. The van der Waals surface area contributed by atoms with Gasteiger partial charge in [0.15, 0.2) is 5.11 Å². The summed E-state index contributed by atoms with van der Waals surface area (Å²) in [6.07, 6.45) is 0. The molecule has 0 aliphatic rings. The molecule has 3 nitrogen and oxygen atoms in total. The van der Waals surface area contributed by atoms with E-state index in [4.69, 9.17) is 4.79 Å². The summed E-state index contributed by atoms with van der Waals surface area (Å²) in [4.78, 5) is 8.98. The highest BCUT2D eigenvalue weighted by molar-refractivity contribution is 7.80. The van der Waals surface area contributed by atoms with E-state index in [1.165, 1.54) is 0 Å². The van der Waals surface area contributed by atoms with E-state index >= 15 is 0 Å². The van der Waals surface area contributed by atoms with E-state index in [0.717, 1.165) is 0 Å². The largest absolute Gasteiger partial charge is 0.377 e. The predicted octanol–water partition coefficient (Wildman–Crippen LogP) is 0.773. The molecule has 0 aliphatic heterocycles. The molecule has 0 spiro atoms. The molecule has 0 aromatic heterocycles. The van der Waals surface area contributed by atoms with Crippen LogP contribution in [-0.4, -0.2) is 9.81 Å². The molecule has 0 bridgehead atoms. The van der Waals surface area contributed by atoms with Crippen LogP contribution >= 0.6 is 35.4 Å². The van der Waals surface area contributed by atoms with Gasteiger partial charge >= 0.3 is 4.70 Å². The van der Waals surface area contributed by atoms with Crippen LogP contribution in [0.5, 0.6) is 0 Å². The molecule has 0 radical (unpaired) electrons. The van der Waals surface area contributed by atoms with Gasteiger partial charge in [-0.15, -0.1) is 0 Å². The molecule has 0 aromatic carbocycles. The van der Waals surface area contributed by atoms with Gasteiger partial charge in [0.1, 0.15) is 0 Å². The minimum Gasteiger partial charge on any atom is -0.377 e. The molecule has 0 saturated heterocycles. The van der Waals surface area contributed by atoms with Gasteiger partial charge in [0.25, 0.3) is 0 Å². The third kappa shape index (κ3) is 40300. The number of hydrogen-bond donors (Lipinski definition) is 2. The molecule has 0 amide bonds. The third-order valence-corrected chi connectivity index (χ3v) is 0. The Morgan fingerprint density at radius 2 is 1.38 bits per heavy atom. The van der Waals surface area contributed by atoms with Crippen LogP contribution in [0.3, 0.4) is 0 Å². The normalized spacial score (nSPS) is 6.25. The topological polar surface area (TPSA) is 69.1 Å². The Bertz CT molecular complexity index is 76.0. The first kappa shape index (κ1) is 10.8. The molecule has 0 atom stereocenters. The third-order valence-electron chi connectivity index (χ3n) is 0. The molecular weight excluding hydrogens is 171 g/mol. The van der Waals surface area contributed by atoms with E-state index in [1.54, 1.807) is 0 Å². The zero-order valence-corrected chi connectivity index (χ0v) is 6.06. The number of carbonyl (C=O) groups excluding carboxylic acids is 1. The van der Waals surface area contributed by atoms with Crippen molar-refractivity contribution in [3.8, 4) is 0 Å². The van der Waals surface area contributed by atoms with Crippen LogP contribution < -0.4 is 11.5 Å². The van der Waals surface area contributed by atoms with Gasteiger partial charge in [0, 0.05) is 0 Å². The molecule has 0 saturated carbocycles. The molecular formula is C2H4Cl2N2OS. The van der Waals surface area contributed by atoms with Crippen molar-refractivity contribution in [2.75, 3.05) is 0 Å². The molecule has 0 aliphatic carbocycles. The van der Waals surface area contributed by atoms with Gasteiger partial charge in [-0.1, -0.05) is 0 Å². The summed E-state index contributed by atoms with van der Waals surface area (Å²) in [7, 11) is 0. The number of rotatable bonds is 0. The SMILES string of the molecule is NC(N)=S.O=C(Cl)Cl. The van der Waals surface area contributed by atoms with Gasteiger partial charge in [-0.25, -0.2) is 0 Å². The fourth-order valence-corrected chi connectivity index (χ4v) is 0. The number of hydrogen-bond acceptors (Lipinski definition) is 2. The smallest absolute Gasteiger partial charge is 0.313 e. The second-order valence-electron chi connectivity index (χ2n) is 0.628. The lowest BCUT2D eigenvalue weighted by atomic mass is 11.3. The van der Waals surface area contributed by atoms with E-state index in [0.29, 0.717) is 0 Å². The first-order chi connectivity index (χ1) is 3.46. The quantitative estimate of drug-likeness (QED) is 0.421. The highest BCUT2D eigenvalue weighted by Crippen LogP contribution is 1.84. The van der Waals surface area contributed by atoms with Crippen molar-refractivity contribution < 1.29 is 4.79 Å². The van der Waals surface area contributed by atoms with E-state index in [2.05, 4.69) is 46.9 Å². The minimum atomic E-state index is -0.889. The summed E-state index contributed by atoms with van der Waals surface area (Å²) in [6.45, 7) is 0. The van der Waals surface area contributed by atoms with Crippen LogP contribution in [0.15, 0.2) is 0 Å². The first-order valence-electron chi connectivity index (χ1n) is 1.36. The summed E-state index contributed by atoms with van der Waals surface area (Å²) in [5.41, 5.74) is 9.24. The average molecular weight is 175 g/mol. The minimum absolute atomic E-state index is 0.000000000000000222.